The van der Waals surface area contributed by atoms with E-state index in [2.05, 4.69) is 14.4 Å². The van der Waals surface area contributed by atoms with Crippen LogP contribution in [0.2, 0.25) is 0 Å². The van der Waals surface area contributed by atoms with Crippen molar-refractivity contribution in [2.24, 2.45) is 0 Å². The van der Waals surface area contributed by atoms with Crippen molar-refractivity contribution in [1.29, 1.82) is 0 Å². The molecular weight excluding hydrogens is 163 g/mol. The molecule has 62 valence electrons. The first-order chi connectivity index (χ1) is 4.97. The van der Waals surface area contributed by atoms with E-state index in [4.69, 9.17) is 0 Å². The summed E-state index contributed by atoms with van der Waals surface area (Å²) in [6.07, 6.45) is -4.71. The maximum absolute atomic E-state index is 11.4. The second kappa shape index (κ2) is 2.44. The second-order valence-electron chi connectivity index (χ2n) is 1.82. The van der Waals surface area contributed by atoms with Crippen molar-refractivity contribution in [2.75, 3.05) is 0 Å². The van der Waals surface area contributed by atoms with Crippen LogP contribution in [0.5, 0.6) is 5.88 Å². The van der Waals surface area contributed by atoms with Gasteiger partial charge in [-0.2, -0.15) is 0 Å². The Kier molecular flexibility index (Phi) is 1.76. The van der Waals surface area contributed by atoms with Crippen LogP contribution in [0, 0.1) is 6.92 Å². The highest BCUT2D eigenvalue weighted by atomic mass is 19.4. The van der Waals surface area contributed by atoms with Crippen molar-refractivity contribution in [3.63, 3.8) is 0 Å². The summed E-state index contributed by atoms with van der Waals surface area (Å²) in [5.74, 6) is -0.306. The summed E-state index contributed by atoms with van der Waals surface area (Å²) < 4.78 is 42.1. The van der Waals surface area contributed by atoms with Gasteiger partial charge >= 0.3 is 6.36 Å². The third-order valence-corrected chi connectivity index (χ3v) is 0.827. The van der Waals surface area contributed by atoms with E-state index in [1.165, 1.54) is 6.92 Å². The van der Waals surface area contributed by atoms with Gasteiger partial charge in [0.2, 0.25) is 0 Å². The van der Waals surface area contributed by atoms with Crippen LogP contribution in [-0.2, 0) is 0 Å². The highest BCUT2D eigenvalue weighted by Gasteiger charge is 2.32. The number of hydrogen-bond acceptors (Lipinski definition) is 3. The molecule has 0 atom stereocenters. The van der Waals surface area contributed by atoms with Crippen LogP contribution >= 0.6 is 0 Å². The number of rotatable bonds is 1. The van der Waals surface area contributed by atoms with Crippen molar-refractivity contribution in [3.05, 3.63) is 11.8 Å². The van der Waals surface area contributed by atoms with Crippen LogP contribution in [0.1, 0.15) is 5.76 Å². The predicted octanol–water partition coefficient (Wildman–Crippen LogP) is 1.88. The Labute approximate surface area is 59.7 Å². The lowest BCUT2D eigenvalue weighted by Gasteiger charge is -2.02. The fourth-order valence-electron chi connectivity index (χ4n) is 0.510. The second-order valence-corrected chi connectivity index (χ2v) is 1.82. The normalized spacial score (nSPS) is 11.6. The number of hydrogen-bond donors (Lipinski definition) is 0. The maximum atomic E-state index is 11.4. The molecule has 0 radical (unpaired) electrons. The van der Waals surface area contributed by atoms with Gasteiger partial charge in [-0.25, -0.2) is 0 Å². The average molecular weight is 167 g/mol. The maximum Gasteiger partial charge on any atom is 0.574 e. The zero-order valence-corrected chi connectivity index (χ0v) is 5.47. The molecule has 1 aromatic heterocycles. The van der Waals surface area contributed by atoms with Gasteiger partial charge in [0, 0.05) is 6.07 Å². The van der Waals surface area contributed by atoms with E-state index in [0.717, 1.165) is 6.07 Å². The highest BCUT2D eigenvalue weighted by molar-refractivity contribution is 5.09. The summed E-state index contributed by atoms with van der Waals surface area (Å²) >= 11 is 0. The number of nitrogens with zero attached hydrogens (tertiary/aromatic N) is 1. The van der Waals surface area contributed by atoms with E-state index in [0.29, 0.717) is 0 Å². The molecule has 3 nitrogen and oxygen atoms in total. The summed E-state index contributed by atoms with van der Waals surface area (Å²) in [5, 5.41) is 2.98. The molecule has 0 bridgehead atoms. The molecule has 0 saturated carbocycles. The lowest BCUT2D eigenvalue weighted by Crippen LogP contribution is -2.17. The van der Waals surface area contributed by atoms with Crippen LogP contribution in [0.4, 0.5) is 13.2 Å². The van der Waals surface area contributed by atoms with Crippen molar-refractivity contribution in [1.82, 2.24) is 5.16 Å². The molecule has 0 aromatic carbocycles. The number of aromatic nitrogens is 1. The predicted molar refractivity (Wildman–Crippen MR) is 27.9 cm³/mol. The van der Waals surface area contributed by atoms with E-state index in [9.17, 15) is 13.2 Å². The topological polar surface area (TPSA) is 35.3 Å². The largest absolute Gasteiger partial charge is 0.574 e. The average Bonchev–Trinajstić information content (AvgIpc) is 2.10. The van der Waals surface area contributed by atoms with E-state index in [1.54, 1.807) is 0 Å². The third-order valence-electron chi connectivity index (χ3n) is 0.827. The van der Waals surface area contributed by atoms with Gasteiger partial charge in [0.05, 0.1) is 0 Å². The summed E-state index contributed by atoms with van der Waals surface area (Å²) in [5.41, 5.74) is 0. The molecule has 1 aromatic rings. The van der Waals surface area contributed by atoms with Gasteiger partial charge in [-0.1, -0.05) is 0 Å². The Morgan fingerprint density at radius 3 is 2.55 bits per heavy atom. The molecule has 0 aliphatic heterocycles. The number of ether oxygens (including phenoxy) is 1. The number of aryl methyl sites for hydroxylation is 1. The molecule has 1 rings (SSSR count). The van der Waals surface area contributed by atoms with E-state index in [-0.39, 0.29) is 5.76 Å². The Balaban J connectivity index is 2.65. The SMILES string of the molecule is Cc1cc(OC(F)(F)F)no1. The molecule has 0 aliphatic carbocycles. The van der Waals surface area contributed by atoms with Crippen molar-refractivity contribution < 1.29 is 22.4 Å². The first-order valence-corrected chi connectivity index (χ1v) is 2.66. The molecule has 0 fully saturated rings. The van der Waals surface area contributed by atoms with Gasteiger partial charge in [-0.05, 0) is 12.1 Å². The molecule has 0 spiro atoms. The van der Waals surface area contributed by atoms with Gasteiger partial charge < -0.3 is 9.26 Å². The summed E-state index contributed by atoms with van der Waals surface area (Å²) in [7, 11) is 0. The molecule has 1 heterocycles. The lowest BCUT2D eigenvalue weighted by molar-refractivity contribution is -0.276. The van der Waals surface area contributed by atoms with Crippen LogP contribution in [0.25, 0.3) is 0 Å². The minimum absolute atomic E-state index is 0.268. The smallest absolute Gasteiger partial charge is 0.384 e. The third kappa shape index (κ3) is 2.48. The van der Waals surface area contributed by atoms with Crippen molar-refractivity contribution >= 4 is 0 Å². The summed E-state index contributed by atoms with van der Waals surface area (Å²) in [6, 6.07) is 1.05. The minimum Gasteiger partial charge on any atom is -0.384 e. The Bertz CT molecular complexity index is 242. The molecular formula is C5H4F3NO2. The first kappa shape index (κ1) is 7.90. The van der Waals surface area contributed by atoms with Gasteiger partial charge in [-0.15, -0.1) is 13.2 Å². The first-order valence-electron chi connectivity index (χ1n) is 2.66. The number of halogens is 3. The lowest BCUT2D eigenvalue weighted by atomic mass is 10.5. The Hall–Kier alpha value is -1.20. The van der Waals surface area contributed by atoms with Crippen LogP contribution in [-0.4, -0.2) is 11.5 Å². The van der Waals surface area contributed by atoms with Gasteiger partial charge in [0.15, 0.2) is 0 Å². The van der Waals surface area contributed by atoms with Crippen LogP contribution in [0.3, 0.4) is 0 Å². The van der Waals surface area contributed by atoms with E-state index in [1.807, 2.05) is 0 Å². The van der Waals surface area contributed by atoms with Gasteiger partial charge in [0.1, 0.15) is 5.76 Å². The minimum atomic E-state index is -4.71. The van der Waals surface area contributed by atoms with Crippen molar-refractivity contribution in [3.8, 4) is 5.88 Å². The van der Waals surface area contributed by atoms with Gasteiger partial charge in [-0.3, -0.25) is 0 Å². The monoisotopic (exact) mass is 167 g/mol. The molecule has 0 unspecified atom stereocenters. The van der Waals surface area contributed by atoms with Crippen LogP contribution < -0.4 is 4.74 Å². The molecule has 0 N–H and O–H groups in total. The Morgan fingerprint density at radius 1 is 1.55 bits per heavy atom. The fourth-order valence-corrected chi connectivity index (χ4v) is 0.510. The van der Waals surface area contributed by atoms with E-state index < -0.39 is 12.2 Å². The molecule has 0 aliphatic rings. The zero-order chi connectivity index (χ0) is 8.48. The molecule has 0 saturated heterocycles. The molecule has 0 amide bonds. The molecule has 11 heavy (non-hydrogen) atoms. The fraction of sp³-hybridized carbons (Fsp3) is 0.400. The quantitative estimate of drug-likeness (QED) is 0.640. The molecule has 6 heteroatoms. The van der Waals surface area contributed by atoms with Crippen LogP contribution in [0.15, 0.2) is 10.6 Å². The van der Waals surface area contributed by atoms with Gasteiger partial charge in [0.25, 0.3) is 5.88 Å². The number of alkyl halides is 3. The zero-order valence-electron chi connectivity index (χ0n) is 5.47. The summed E-state index contributed by atoms with van der Waals surface area (Å²) in [6.45, 7) is 1.47. The van der Waals surface area contributed by atoms with Crippen molar-refractivity contribution in [2.45, 2.75) is 13.3 Å². The standard InChI is InChI=1S/C5H4F3NO2/c1-3-2-4(9-11-3)10-5(6,7)8/h2H,1H3. The Morgan fingerprint density at radius 2 is 2.18 bits per heavy atom. The van der Waals surface area contributed by atoms with E-state index >= 15 is 0 Å². The highest BCUT2D eigenvalue weighted by Crippen LogP contribution is 2.21. The summed E-state index contributed by atoms with van der Waals surface area (Å²) in [4.78, 5) is 0.